The van der Waals surface area contributed by atoms with Gasteiger partial charge in [0.05, 0.1) is 0 Å². The molecule has 0 aliphatic heterocycles. The van der Waals surface area contributed by atoms with Crippen molar-refractivity contribution in [2.75, 3.05) is 0 Å². The summed E-state index contributed by atoms with van der Waals surface area (Å²) in [5.41, 5.74) is 4.48. The maximum absolute atomic E-state index is 2.63. The molecule has 0 unspecified atom stereocenters. The zero-order chi connectivity index (χ0) is 24.0. The molecule has 0 aliphatic carbocycles. The summed E-state index contributed by atoms with van der Waals surface area (Å²) in [5.74, 6) is 0. The highest BCUT2D eigenvalue weighted by molar-refractivity contribution is 5.14. The van der Waals surface area contributed by atoms with Gasteiger partial charge in [-0.2, -0.15) is 0 Å². The molecule has 0 saturated heterocycles. The number of nitrogens with zero attached hydrogens (tertiary/aromatic N) is 1. The number of unbranched alkanes of at least 4 members (excludes halogenated alkanes) is 19. The lowest BCUT2D eigenvalue weighted by Gasteiger charge is -2.09. The monoisotopic (exact) mass is 458 g/mol. The molecule has 0 aromatic carbocycles. The van der Waals surface area contributed by atoms with Crippen LogP contribution in [0, 0.1) is 13.8 Å². The summed E-state index contributed by atoms with van der Waals surface area (Å²) in [7, 11) is 0. The minimum Gasteiger partial charge on any atom is -0.200 e. The maximum atomic E-state index is 2.63. The summed E-state index contributed by atoms with van der Waals surface area (Å²) in [4.78, 5) is 0. The number of hydrogen-bond acceptors (Lipinski definition) is 0. The van der Waals surface area contributed by atoms with Crippen molar-refractivity contribution < 1.29 is 4.57 Å². The second-order valence-electron chi connectivity index (χ2n) is 10.8. The van der Waals surface area contributed by atoms with E-state index in [1.807, 2.05) is 0 Å². The molecule has 0 N–H and O–H groups in total. The first-order chi connectivity index (χ1) is 16.2. The van der Waals surface area contributed by atoms with E-state index in [1.165, 1.54) is 159 Å². The van der Waals surface area contributed by atoms with Crippen molar-refractivity contribution in [3.8, 4) is 0 Å². The van der Waals surface area contributed by atoms with Crippen LogP contribution in [0.15, 0.2) is 12.1 Å². The highest BCUT2D eigenvalue weighted by Gasteiger charge is 2.14. The third-order valence-corrected chi connectivity index (χ3v) is 7.38. The van der Waals surface area contributed by atoms with E-state index in [1.54, 1.807) is 5.69 Å². The molecule has 1 heteroatoms. The van der Waals surface area contributed by atoms with Crippen LogP contribution in [0.25, 0.3) is 0 Å². The van der Waals surface area contributed by atoms with Crippen LogP contribution in [-0.2, 0) is 13.0 Å². The van der Waals surface area contributed by atoms with Gasteiger partial charge in [-0.15, -0.1) is 0 Å². The minimum atomic E-state index is 1.22. The van der Waals surface area contributed by atoms with E-state index in [4.69, 9.17) is 0 Å². The maximum Gasteiger partial charge on any atom is 0.181 e. The molecule has 0 radical (unpaired) electrons. The number of aryl methyl sites for hydroxylation is 3. The first kappa shape index (κ1) is 30.2. The molecule has 1 heterocycles. The van der Waals surface area contributed by atoms with E-state index in [0.29, 0.717) is 0 Å². The second-order valence-corrected chi connectivity index (χ2v) is 10.8. The zero-order valence-corrected chi connectivity index (χ0v) is 23.4. The third-order valence-electron chi connectivity index (χ3n) is 7.38. The van der Waals surface area contributed by atoms with Gasteiger partial charge in [-0.05, 0) is 25.3 Å². The highest BCUT2D eigenvalue weighted by atomic mass is 15.0. The second kappa shape index (κ2) is 21.7. The zero-order valence-electron chi connectivity index (χ0n) is 23.4. The molecule has 0 bridgehead atoms. The van der Waals surface area contributed by atoms with Crippen molar-refractivity contribution in [3.63, 3.8) is 0 Å². The van der Waals surface area contributed by atoms with Crippen LogP contribution in [0.5, 0.6) is 0 Å². The molecule has 1 rings (SSSR count). The van der Waals surface area contributed by atoms with Crippen LogP contribution in [-0.4, -0.2) is 0 Å². The van der Waals surface area contributed by atoms with Crippen LogP contribution >= 0.6 is 0 Å². The summed E-state index contributed by atoms with van der Waals surface area (Å²) in [6, 6.07) is 4.83. The van der Waals surface area contributed by atoms with Gasteiger partial charge in [-0.1, -0.05) is 129 Å². The van der Waals surface area contributed by atoms with Crippen LogP contribution in [0.1, 0.15) is 166 Å². The fourth-order valence-corrected chi connectivity index (χ4v) is 5.27. The van der Waals surface area contributed by atoms with Gasteiger partial charge in [0.15, 0.2) is 11.4 Å². The average Bonchev–Trinajstić information content (AvgIpc) is 2.80. The molecule has 192 valence electrons. The molecule has 0 aliphatic rings. The van der Waals surface area contributed by atoms with Crippen molar-refractivity contribution in [3.05, 3.63) is 29.1 Å². The Morgan fingerprint density at radius 2 is 0.879 bits per heavy atom. The van der Waals surface area contributed by atoms with Gasteiger partial charge in [0, 0.05) is 31.9 Å². The number of pyridine rings is 1. The summed E-state index contributed by atoms with van der Waals surface area (Å²) >= 11 is 0. The van der Waals surface area contributed by atoms with Gasteiger partial charge in [0.1, 0.15) is 6.54 Å². The van der Waals surface area contributed by atoms with Gasteiger partial charge in [-0.3, -0.25) is 0 Å². The van der Waals surface area contributed by atoms with Gasteiger partial charge in [0.25, 0.3) is 0 Å². The normalized spacial score (nSPS) is 11.4. The molecule has 0 amide bonds. The molecule has 1 aromatic heterocycles. The summed E-state index contributed by atoms with van der Waals surface area (Å²) in [6.07, 6.45) is 31.2. The molecule has 33 heavy (non-hydrogen) atoms. The molecule has 1 nitrogen and oxygen atoms in total. The van der Waals surface area contributed by atoms with Crippen molar-refractivity contribution in [1.29, 1.82) is 0 Å². The molecule has 0 saturated carbocycles. The lowest BCUT2D eigenvalue weighted by molar-refractivity contribution is -0.710. The van der Waals surface area contributed by atoms with Crippen molar-refractivity contribution >= 4 is 0 Å². The number of aromatic nitrogens is 1. The molecular formula is C32H60N+. The Morgan fingerprint density at radius 3 is 1.33 bits per heavy atom. The van der Waals surface area contributed by atoms with Gasteiger partial charge in [-0.25, -0.2) is 4.57 Å². The lowest BCUT2D eigenvalue weighted by Crippen LogP contribution is -2.41. The van der Waals surface area contributed by atoms with Gasteiger partial charge in [0.2, 0.25) is 0 Å². The smallest absolute Gasteiger partial charge is 0.181 e. The minimum absolute atomic E-state index is 1.22. The van der Waals surface area contributed by atoms with Crippen molar-refractivity contribution in [1.82, 2.24) is 0 Å². The van der Waals surface area contributed by atoms with E-state index >= 15 is 0 Å². The predicted molar refractivity (Wildman–Crippen MR) is 148 cm³/mol. The Labute approximate surface area is 209 Å². The first-order valence-electron chi connectivity index (χ1n) is 15.2. The van der Waals surface area contributed by atoms with Gasteiger partial charge < -0.3 is 0 Å². The van der Waals surface area contributed by atoms with E-state index in [2.05, 4.69) is 44.4 Å². The predicted octanol–water partition coefficient (Wildman–Crippen LogP) is 10.4. The van der Waals surface area contributed by atoms with E-state index in [9.17, 15) is 0 Å². The standard InChI is InChI=1S/C32H60N/c1-5-7-9-11-13-15-17-18-20-22-24-26-32-29-30(3)28-31(4)33(32)27-25-23-21-19-16-14-12-10-8-6-2/h28-29H,5-27H2,1-4H3/q+1. The average molecular weight is 459 g/mol. The van der Waals surface area contributed by atoms with Gasteiger partial charge >= 0.3 is 0 Å². The molecule has 0 spiro atoms. The molecule has 0 atom stereocenters. The Morgan fingerprint density at radius 1 is 0.485 bits per heavy atom. The molecular weight excluding hydrogens is 398 g/mol. The summed E-state index contributed by atoms with van der Waals surface area (Å²) in [5, 5.41) is 0. The summed E-state index contributed by atoms with van der Waals surface area (Å²) < 4.78 is 2.63. The largest absolute Gasteiger partial charge is 0.200 e. The quantitative estimate of drug-likeness (QED) is 0.113. The SMILES string of the molecule is CCCCCCCCCCCCCc1cc(C)cc(C)[n+]1CCCCCCCCCCCC. The van der Waals surface area contributed by atoms with E-state index < -0.39 is 0 Å². The van der Waals surface area contributed by atoms with E-state index in [-0.39, 0.29) is 0 Å². The fourth-order valence-electron chi connectivity index (χ4n) is 5.27. The van der Waals surface area contributed by atoms with Crippen LogP contribution < -0.4 is 4.57 Å². The summed E-state index contributed by atoms with van der Waals surface area (Å²) in [6.45, 7) is 10.4. The van der Waals surface area contributed by atoms with Crippen LogP contribution in [0.3, 0.4) is 0 Å². The lowest BCUT2D eigenvalue weighted by atomic mass is 10.0. The number of rotatable bonds is 23. The Kier molecular flexibility index (Phi) is 19.8. The highest BCUT2D eigenvalue weighted by Crippen LogP contribution is 2.14. The molecule has 0 fully saturated rings. The number of hydrogen-bond donors (Lipinski definition) is 0. The van der Waals surface area contributed by atoms with Crippen LogP contribution in [0.4, 0.5) is 0 Å². The molecule has 1 aromatic rings. The van der Waals surface area contributed by atoms with E-state index in [0.717, 1.165) is 0 Å². The van der Waals surface area contributed by atoms with Crippen LogP contribution in [0.2, 0.25) is 0 Å². The Bertz CT molecular complexity index is 562. The Hall–Kier alpha value is -0.850. The first-order valence-corrected chi connectivity index (χ1v) is 15.2. The van der Waals surface area contributed by atoms with Crippen molar-refractivity contribution in [2.45, 2.75) is 175 Å². The fraction of sp³-hybridized carbons (Fsp3) is 0.844. The third kappa shape index (κ3) is 16.4. The Balaban J connectivity index is 2.18. The van der Waals surface area contributed by atoms with Crippen molar-refractivity contribution in [2.24, 2.45) is 0 Å². The topological polar surface area (TPSA) is 3.88 Å².